The fraction of sp³-hybridized carbons (Fsp3) is 0.500. The van der Waals surface area contributed by atoms with Gasteiger partial charge in [-0.25, -0.2) is 0 Å². The van der Waals surface area contributed by atoms with E-state index in [0.717, 1.165) is 11.6 Å². The van der Waals surface area contributed by atoms with E-state index in [-0.39, 0.29) is 6.10 Å². The lowest BCUT2D eigenvalue weighted by Gasteiger charge is -2.22. The zero-order valence-electron chi connectivity index (χ0n) is 6.48. The third-order valence-corrected chi connectivity index (χ3v) is 2.34. The summed E-state index contributed by atoms with van der Waals surface area (Å²) in [6.45, 7) is 7.98. The lowest BCUT2D eigenvalue weighted by atomic mass is 10.1. The highest BCUT2D eigenvalue weighted by atomic mass is 28.2. The Morgan fingerprint density at radius 3 is 3.00 bits per heavy atom. The molecule has 0 N–H and O–H groups in total. The minimum atomic E-state index is 0.201. The van der Waals surface area contributed by atoms with E-state index in [4.69, 9.17) is 4.43 Å². The molecule has 2 radical (unpaired) electrons. The molecule has 1 atom stereocenters. The molecule has 0 spiro atoms. The van der Waals surface area contributed by atoms with E-state index in [2.05, 4.69) is 19.6 Å². The number of rotatable bonds is 1. The third kappa shape index (κ3) is 1.58. The Bertz CT molecular complexity index is 172. The molecule has 0 saturated carbocycles. The first-order chi connectivity index (χ1) is 4.72. The topological polar surface area (TPSA) is 9.23 Å². The van der Waals surface area contributed by atoms with Crippen LogP contribution in [0.4, 0.5) is 0 Å². The molecule has 1 nitrogen and oxygen atoms in total. The van der Waals surface area contributed by atoms with Gasteiger partial charge in [-0.2, -0.15) is 0 Å². The Morgan fingerprint density at radius 2 is 2.60 bits per heavy atom. The van der Waals surface area contributed by atoms with Gasteiger partial charge in [0.1, 0.15) is 0 Å². The van der Waals surface area contributed by atoms with Crippen molar-refractivity contribution >= 4 is 9.76 Å². The second-order valence-corrected chi connectivity index (χ2v) is 3.57. The Balaban J connectivity index is 2.67. The second kappa shape index (κ2) is 3.17. The van der Waals surface area contributed by atoms with Crippen molar-refractivity contribution in [3.63, 3.8) is 0 Å². The van der Waals surface area contributed by atoms with E-state index >= 15 is 0 Å². The molecule has 10 heavy (non-hydrogen) atoms. The molecule has 0 unspecified atom stereocenters. The SMILES string of the molecule is C=C(C)[C@H]1O[Si]CC=C1C. The van der Waals surface area contributed by atoms with E-state index in [1.54, 1.807) is 0 Å². The van der Waals surface area contributed by atoms with Gasteiger partial charge in [0.2, 0.25) is 9.76 Å². The van der Waals surface area contributed by atoms with Crippen LogP contribution in [0.3, 0.4) is 0 Å². The molecule has 0 bridgehead atoms. The summed E-state index contributed by atoms with van der Waals surface area (Å²) in [6, 6.07) is 1.08. The van der Waals surface area contributed by atoms with Gasteiger partial charge >= 0.3 is 0 Å². The molecular formula is C8H12OSi. The van der Waals surface area contributed by atoms with Gasteiger partial charge in [-0.1, -0.05) is 12.7 Å². The summed E-state index contributed by atoms with van der Waals surface area (Å²) in [5, 5.41) is 0. The molecule has 2 heteroatoms. The molecule has 1 rings (SSSR count). The van der Waals surface area contributed by atoms with Gasteiger partial charge < -0.3 is 4.43 Å². The van der Waals surface area contributed by atoms with Crippen LogP contribution in [-0.4, -0.2) is 15.9 Å². The quantitative estimate of drug-likeness (QED) is 0.412. The molecule has 0 aromatic heterocycles. The van der Waals surface area contributed by atoms with Crippen molar-refractivity contribution in [2.75, 3.05) is 0 Å². The third-order valence-electron chi connectivity index (χ3n) is 1.57. The van der Waals surface area contributed by atoms with Crippen LogP contribution in [0.5, 0.6) is 0 Å². The van der Waals surface area contributed by atoms with Crippen molar-refractivity contribution in [3.8, 4) is 0 Å². The molecule has 1 aliphatic rings. The van der Waals surface area contributed by atoms with Gasteiger partial charge in [0.25, 0.3) is 0 Å². The minimum Gasteiger partial charge on any atom is -0.407 e. The van der Waals surface area contributed by atoms with Crippen molar-refractivity contribution in [2.24, 2.45) is 0 Å². The number of allylic oxidation sites excluding steroid dienone is 1. The fourth-order valence-electron chi connectivity index (χ4n) is 1.02. The van der Waals surface area contributed by atoms with Gasteiger partial charge in [-0.05, 0) is 31.0 Å². The lowest BCUT2D eigenvalue weighted by molar-refractivity contribution is 0.282. The first kappa shape index (κ1) is 7.76. The van der Waals surface area contributed by atoms with Crippen molar-refractivity contribution in [1.82, 2.24) is 0 Å². The van der Waals surface area contributed by atoms with E-state index in [0.29, 0.717) is 9.76 Å². The summed E-state index contributed by atoms with van der Waals surface area (Å²) >= 11 is 0. The molecule has 0 saturated heterocycles. The molecular weight excluding hydrogens is 140 g/mol. The van der Waals surface area contributed by atoms with Crippen LogP contribution < -0.4 is 0 Å². The normalized spacial score (nSPS) is 25.8. The Morgan fingerprint density at radius 1 is 1.90 bits per heavy atom. The Kier molecular flexibility index (Phi) is 2.46. The van der Waals surface area contributed by atoms with Gasteiger partial charge in [0.15, 0.2) is 0 Å². The monoisotopic (exact) mass is 152 g/mol. The maximum absolute atomic E-state index is 5.51. The van der Waals surface area contributed by atoms with Crippen molar-refractivity contribution < 1.29 is 4.43 Å². The maximum Gasteiger partial charge on any atom is 0.235 e. The molecule has 0 aromatic rings. The van der Waals surface area contributed by atoms with Crippen molar-refractivity contribution in [3.05, 3.63) is 23.8 Å². The summed E-state index contributed by atoms with van der Waals surface area (Å²) in [5.41, 5.74) is 2.42. The van der Waals surface area contributed by atoms with Crippen LogP contribution in [0.1, 0.15) is 13.8 Å². The lowest BCUT2D eigenvalue weighted by Crippen LogP contribution is -2.21. The smallest absolute Gasteiger partial charge is 0.235 e. The highest BCUT2D eigenvalue weighted by Crippen LogP contribution is 2.18. The predicted molar refractivity (Wildman–Crippen MR) is 44.0 cm³/mol. The van der Waals surface area contributed by atoms with Crippen LogP contribution in [-0.2, 0) is 4.43 Å². The minimum absolute atomic E-state index is 0.201. The molecule has 0 fully saturated rings. The molecule has 1 heterocycles. The predicted octanol–water partition coefficient (Wildman–Crippen LogP) is 1.95. The molecule has 0 amide bonds. The summed E-state index contributed by atoms with van der Waals surface area (Å²) < 4.78 is 5.51. The average molecular weight is 152 g/mol. The van der Waals surface area contributed by atoms with Crippen LogP contribution in [0.25, 0.3) is 0 Å². The van der Waals surface area contributed by atoms with Crippen LogP contribution in [0, 0.1) is 0 Å². The van der Waals surface area contributed by atoms with E-state index < -0.39 is 0 Å². The summed E-state index contributed by atoms with van der Waals surface area (Å²) in [7, 11) is 0.624. The second-order valence-electron chi connectivity index (χ2n) is 2.64. The van der Waals surface area contributed by atoms with Gasteiger partial charge in [-0.15, -0.1) is 0 Å². The molecule has 54 valence electrons. The Labute approximate surface area is 64.7 Å². The zero-order valence-corrected chi connectivity index (χ0v) is 7.48. The van der Waals surface area contributed by atoms with Crippen molar-refractivity contribution in [1.29, 1.82) is 0 Å². The average Bonchev–Trinajstić information content (AvgIpc) is 1.88. The molecule has 0 aliphatic carbocycles. The summed E-state index contributed by atoms with van der Waals surface area (Å²) in [6.07, 6.45) is 2.44. The van der Waals surface area contributed by atoms with Crippen LogP contribution in [0.2, 0.25) is 6.04 Å². The zero-order chi connectivity index (χ0) is 7.56. The Hall–Kier alpha value is -0.343. The first-order valence-corrected chi connectivity index (χ1v) is 4.54. The fourth-order valence-corrected chi connectivity index (χ4v) is 2.08. The van der Waals surface area contributed by atoms with E-state index in [9.17, 15) is 0 Å². The van der Waals surface area contributed by atoms with E-state index in [1.807, 2.05) is 6.92 Å². The summed E-state index contributed by atoms with van der Waals surface area (Å²) in [5.74, 6) is 0. The first-order valence-electron chi connectivity index (χ1n) is 3.42. The van der Waals surface area contributed by atoms with E-state index in [1.165, 1.54) is 5.57 Å². The van der Waals surface area contributed by atoms with Crippen LogP contribution >= 0.6 is 0 Å². The van der Waals surface area contributed by atoms with Gasteiger partial charge in [0, 0.05) is 0 Å². The largest absolute Gasteiger partial charge is 0.407 e. The highest BCUT2D eigenvalue weighted by Gasteiger charge is 2.14. The highest BCUT2D eigenvalue weighted by molar-refractivity contribution is 6.28. The molecule has 0 aromatic carbocycles. The number of hydrogen-bond donors (Lipinski definition) is 0. The number of hydrogen-bond acceptors (Lipinski definition) is 1. The molecule has 1 aliphatic heterocycles. The van der Waals surface area contributed by atoms with Crippen molar-refractivity contribution in [2.45, 2.75) is 26.0 Å². The van der Waals surface area contributed by atoms with Crippen LogP contribution in [0.15, 0.2) is 23.8 Å². The van der Waals surface area contributed by atoms with Gasteiger partial charge in [-0.3, -0.25) is 0 Å². The van der Waals surface area contributed by atoms with Gasteiger partial charge in [0.05, 0.1) is 6.10 Å². The summed E-state index contributed by atoms with van der Waals surface area (Å²) in [4.78, 5) is 0. The maximum atomic E-state index is 5.51. The standard InChI is InChI=1S/C8H12OSi/c1-6(2)8-7(3)4-5-10-9-8/h4,8H,1,5H2,2-3H3/t8-/m1/s1.